The highest BCUT2D eigenvalue weighted by Crippen LogP contribution is 2.18. The molecule has 0 aliphatic carbocycles. The van der Waals surface area contributed by atoms with Gasteiger partial charge in [0.1, 0.15) is 12.7 Å². The molecule has 0 bridgehead atoms. The second kappa shape index (κ2) is 5.25. The molecule has 4 heteroatoms. The van der Waals surface area contributed by atoms with E-state index in [1.54, 1.807) is 12.7 Å². The maximum atomic E-state index is 4.17. The van der Waals surface area contributed by atoms with E-state index in [-0.39, 0.29) is 0 Å². The minimum Gasteiger partial charge on any atom is -0.295 e. The van der Waals surface area contributed by atoms with Crippen molar-refractivity contribution in [2.24, 2.45) is 0 Å². The molecule has 1 fully saturated rings. The molecule has 16 heavy (non-hydrogen) atoms. The second-order valence-electron chi connectivity index (χ2n) is 4.69. The molecule has 0 saturated carbocycles. The van der Waals surface area contributed by atoms with Crippen molar-refractivity contribution < 1.29 is 0 Å². The van der Waals surface area contributed by atoms with Crippen molar-refractivity contribution >= 4 is 0 Å². The number of aromatic nitrogens is 3. The van der Waals surface area contributed by atoms with Crippen LogP contribution in [-0.4, -0.2) is 38.8 Å². The summed E-state index contributed by atoms with van der Waals surface area (Å²) in [6, 6.07) is 0.622. The Balaban J connectivity index is 1.90. The summed E-state index contributed by atoms with van der Waals surface area (Å²) in [4.78, 5) is 6.52. The van der Waals surface area contributed by atoms with Crippen LogP contribution in [0.15, 0.2) is 24.3 Å². The Kier molecular flexibility index (Phi) is 3.72. The van der Waals surface area contributed by atoms with Crippen LogP contribution in [0.3, 0.4) is 0 Å². The predicted molar refractivity (Wildman–Crippen MR) is 64.0 cm³/mol. The summed E-state index contributed by atoms with van der Waals surface area (Å²) < 4.78 is 1.94. The van der Waals surface area contributed by atoms with Gasteiger partial charge in [0, 0.05) is 12.6 Å². The number of hydrogen-bond acceptors (Lipinski definition) is 3. The molecule has 1 aliphatic heterocycles. The molecule has 1 atom stereocenters. The van der Waals surface area contributed by atoms with Gasteiger partial charge in [-0.2, -0.15) is 5.10 Å². The number of rotatable bonds is 4. The van der Waals surface area contributed by atoms with Crippen molar-refractivity contribution in [3.63, 3.8) is 0 Å². The molecular formula is C12H20N4. The van der Waals surface area contributed by atoms with Crippen LogP contribution in [0, 0.1) is 0 Å². The smallest absolute Gasteiger partial charge is 0.137 e. The highest BCUT2D eigenvalue weighted by Gasteiger charge is 2.23. The third kappa shape index (κ3) is 2.92. The van der Waals surface area contributed by atoms with Crippen LogP contribution in [0.25, 0.3) is 0 Å². The van der Waals surface area contributed by atoms with Crippen molar-refractivity contribution in [2.75, 3.05) is 13.1 Å². The van der Waals surface area contributed by atoms with Crippen LogP contribution in [0.4, 0.5) is 0 Å². The summed E-state index contributed by atoms with van der Waals surface area (Å²) in [6.45, 7) is 7.56. The largest absolute Gasteiger partial charge is 0.295 e. The van der Waals surface area contributed by atoms with E-state index in [0.717, 1.165) is 13.1 Å². The lowest BCUT2D eigenvalue weighted by Crippen LogP contribution is -2.33. The highest BCUT2D eigenvalue weighted by atomic mass is 15.3. The van der Waals surface area contributed by atoms with Gasteiger partial charge in [-0.25, -0.2) is 4.98 Å². The third-order valence-electron chi connectivity index (χ3n) is 3.10. The molecule has 4 nitrogen and oxygen atoms in total. The van der Waals surface area contributed by atoms with Crippen LogP contribution in [0.5, 0.6) is 0 Å². The number of nitrogens with zero attached hydrogens (tertiary/aromatic N) is 4. The van der Waals surface area contributed by atoms with E-state index in [1.165, 1.54) is 25.0 Å². The van der Waals surface area contributed by atoms with E-state index in [0.29, 0.717) is 6.04 Å². The summed E-state index contributed by atoms with van der Waals surface area (Å²) in [7, 11) is 0. The molecule has 0 spiro atoms. The standard InChI is InChI=1S/C12H20N4/c1-11(2)5-7-15-6-3-4-12(15)8-16-10-13-9-14-16/h5,9-10,12H,3-4,6-8H2,1-2H3/t12-/m1/s1. The molecule has 1 saturated heterocycles. The van der Waals surface area contributed by atoms with E-state index >= 15 is 0 Å². The molecule has 0 aromatic carbocycles. The Morgan fingerprint density at radius 2 is 2.38 bits per heavy atom. The summed E-state index contributed by atoms with van der Waals surface area (Å²) >= 11 is 0. The minimum absolute atomic E-state index is 0.622. The van der Waals surface area contributed by atoms with Crippen molar-refractivity contribution in [2.45, 2.75) is 39.3 Å². The average Bonchev–Trinajstić information content (AvgIpc) is 2.87. The maximum absolute atomic E-state index is 4.17. The first-order valence-corrected chi connectivity index (χ1v) is 5.95. The van der Waals surface area contributed by atoms with E-state index in [9.17, 15) is 0 Å². The number of likely N-dealkylation sites (tertiary alicyclic amines) is 1. The Morgan fingerprint density at radius 3 is 3.06 bits per heavy atom. The van der Waals surface area contributed by atoms with Crippen molar-refractivity contribution in [3.8, 4) is 0 Å². The zero-order valence-corrected chi connectivity index (χ0v) is 10.1. The summed E-state index contributed by atoms with van der Waals surface area (Å²) in [5.41, 5.74) is 1.39. The van der Waals surface area contributed by atoms with Crippen LogP contribution >= 0.6 is 0 Å². The Labute approximate surface area is 97.0 Å². The number of hydrogen-bond donors (Lipinski definition) is 0. The Bertz CT molecular complexity index is 338. The topological polar surface area (TPSA) is 34.0 Å². The van der Waals surface area contributed by atoms with Gasteiger partial charge in [-0.05, 0) is 33.2 Å². The van der Waals surface area contributed by atoms with Gasteiger partial charge in [-0.1, -0.05) is 11.6 Å². The first kappa shape index (κ1) is 11.3. The Morgan fingerprint density at radius 1 is 1.50 bits per heavy atom. The SMILES string of the molecule is CC(C)=CCN1CCC[C@@H]1Cn1cncn1. The van der Waals surface area contributed by atoms with E-state index in [2.05, 4.69) is 34.9 Å². The van der Waals surface area contributed by atoms with E-state index < -0.39 is 0 Å². The van der Waals surface area contributed by atoms with Crippen LogP contribution in [-0.2, 0) is 6.54 Å². The van der Waals surface area contributed by atoms with Crippen molar-refractivity contribution in [1.29, 1.82) is 0 Å². The monoisotopic (exact) mass is 220 g/mol. The van der Waals surface area contributed by atoms with Crippen molar-refractivity contribution in [1.82, 2.24) is 19.7 Å². The highest BCUT2D eigenvalue weighted by molar-refractivity contribution is 4.96. The van der Waals surface area contributed by atoms with Gasteiger partial charge in [0.25, 0.3) is 0 Å². The van der Waals surface area contributed by atoms with Gasteiger partial charge in [-0.15, -0.1) is 0 Å². The first-order valence-electron chi connectivity index (χ1n) is 5.95. The molecule has 88 valence electrons. The second-order valence-corrected chi connectivity index (χ2v) is 4.69. The van der Waals surface area contributed by atoms with Crippen LogP contribution in [0.1, 0.15) is 26.7 Å². The molecular weight excluding hydrogens is 200 g/mol. The van der Waals surface area contributed by atoms with Crippen LogP contribution < -0.4 is 0 Å². The lowest BCUT2D eigenvalue weighted by Gasteiger charge is -2.22. The zero-order valence-electron chi connectivity index (χ0n) is 10.1. The molecule has 1 aromatic rings. The molecule has 1 aliphatic rings. The molecule has 2 rings (SSSR count). The first-order chi connectivity index (χ1) is 7.75. The summed E-state index contributed by atoms with van der Waals surface area (Å²) in [5.74, 6) is 0. The summed E-state index contributed by atoms with van der Waals surface area (Å²) in [5, 5.41) is 4.17. The molecule has 0 radical (unpaired) electrons. The lowest BCUT2D eigenvalue weighted by molar-refractivity contribution is 0.249. The van der Waals surface area contributed by atoms with Crippen LogP contribution in [0.2, 0.25) is 0 Å². The normalized spacial score (nSPS) is 21.2. The minimum atomic E-state index is 0.622. The van der Waals surface area contributed by atoms with E-state index in [4.69, 9.17) is 0 Å². The van der Waals surface area contributed by atoms with Gasteiger partial charge in [0.2, 0.25) is 0 Å². The molecule has 1 aromatic heterocycles. The van der Waals surface area contributed by atoms with Gasteiger partial charge in [0.15, 0.2) is 0 Å². The average molecular weight is 220 g/mol. The Hall–Kier alpha value is -1.16. The fraction of sp³-hybridized carbons (Fsp3) is 0.667. The van der Waals surface area contributed by atoms with Gasteiger partial charge in [-0.3, -0.25) is 9.58 Å². The van der Waals surface area contributed by atoms with Gasteiger partial charge < -0.3 is 0 Å². The fourth-order valence-corrected chi connectivity index (χ4v) is 2.19. The molecule has 0 amide bonds. The zero-order chi connectivity index (χ0) is 11.4. The van der Waals surface area contributed by atoms with E-state index in [1.807, 2.05) is 4.68 Å². The third-order valence-corrected chi connectivity index (χ3v) is 3.10. The van der Waals surface area contributed by atoms with Gasteiger partial charge in [0.05, 0.1) is 6.54 Å². The number of allylic oxidation sites excluding steroid dienone is 1. The lowest BCUT2D eigenvalue weighted by atomic mass is 10.2. The fourth-order valence-electron chi connectivity index (χ4n) is 2.19. The van der Waals surface area contributed by atoms with Gasteiger partial charge >= 0.3 is 0 Å². The quantitative estimate of drug-likeness (QED) is 0.724. The summed E-state index contributed by atoms with van der Waals surface area (Å²) in [6.07, 6.45) is 8.29. The van der Waals surface area contributed by atoms with Crippen molar-refractivity contribution in [3.05, 3.63) is 24.3 Å². The molecule has 0 unspecified atom stereocenters. The maximum Gasteiger partial charge on any atom is 0.137 e. The molecule has 2 heterocycles. The molecule has 0 N–H and O–H groups in total. The predicted octanol–water partition coefficient (Wildman–Crippen LogP) is 1.71.